The largest absolute Gasteiger partial charge is 0.392 e. The fourth-order valence-corrected chi connectivity index (χ4v) is 5.22. The summed E-state index contributed by atoms with van der Waals surface area (Å²) in [6, 6.07) is 5.48. The maximum absolute atomic E-state index is 13.0. The third-order valence-electron chi connectivity index (χ3n) is 6.56. The predicted molar refractivity (Wildman–Crippen MR) is 111 cm³/mol. The molecule has 28 heavy (non-hydrogen) atoms. The van der Waals surface area contributed by atoms with Crippen LogP contribution in [0.5, 0.6) is 0 Å². The second kappa shape index (κ2) is 8.56. The molecule has 3 aliphatic rings. The second-order valence-electron chi connectivity index (χ2n) is 8.98. The van der Waals surface area contributed by atoms with Gasteiger partial charge in [0.2, 0.25) is 5.91 Å². The van der Waals surface area contributed by atoms with E-state index < -0.39 is 6.10 Å². The number of hydrogen-bond acceptors (Lipinski definition) is 4. The number of amides is 1. The maximum atomic E-state index is 13.0. The van der Waals surface area contributed by atoms with E-state index in [9.17, 15) is 14.7 Å². The molecule has 5 atom stereocenters. The molecule has 6 nitrogen and oxygen atoms in total. The van der Waals surface area contributed by atoms with Crippen LogP contribution in [0.25, 0.3) is 0 Å². The number of fused-ring (bicyclic) bond motifs is 4. The van der Waals surface area contributed by atoms with Crippen LogP contribution in [0.4, 0.5) is 0 Å². The van der Waals surface area contributed by atoms with Crippen LogP contribution in [0.15, 0.2) is 23.0 Å². The van der Waals surface area contributed by atoms with Gasteiger partial charge in [0.15, 0.2) is 0 Å². The molecule has 4 heterocycles. The topological polar surface area (TPSA) is 74.6 Å². The Kier molecular flexibility index (Phi) is 6.52. The fraction of sp³-hybridized carbons (Fsp3) is 0.714. The van der Waals surface area contributed by atoms with E-state index in [-0.39, 0.29) is 41.9 Å². The van der Waals surface area contributed by atoms with Crippen LogP contribution < -0.4 is 10.9 Å². The first-order chi connectivity index (χ1) is 12.9. The molecule has 1 aromatic rings. The van der Waals surface area contributed by atoms with E-state index in [0.717, 1.165) is 25.0 Å². The lowest BCUT2D eigenvalue weighted by Crippen LogP contribution is -2.54. The fourth-order valence-electron chi connectivity index (χ4n) is 5.22. The smallest absolute Gasteiger partial charge is 0.250 e. The third kappa shape index (κ3) is 4.00. The van der Waals surface area contributed by atoms with Crippen molar-refractivity contribution in [1.29, 1.82) is 0 Å². The van der Waals surface area contributed by atoms with Gasteiger partial charge < -0.3 is 19.9 Å². The van der Waals surface area contributed by atoms with Crippen LogP contribution in [-0.2, 0) is 4.79 Å². The minimum atomic E-state index is -0.429. The van der Waals surface area contributed by atoms with Crippen molar-refractivity contribution in [2.45, 2.75) is 63.6 Å². The Morgan fingerprint density at radius 2 is 2.07 bits per heavy atom. The molecule has 0 aliphatic carbocycles. The van der Waals surface area contributed by atoms with E-state index in [0.29, 0.717) is 37.9 Å². The Balaban J connectivity index is 0.00000225. The van der Waals surface area contributed by atoms with Gasteiger partial charge in [-0.3, -0.25) is 9.59 Å². The lowest BCUT2D eigenvalue weighted by molar-refractivity contribution is -0.136. The molecule has 1 amide bonds. The minimum Gasteiger partial charge on any atom is -0.392 e. The number of likely N-dealkylation sites (tertiary alicyclic amines) is 1. The molecule has 3 aliphatic heterocycles. The average molecular weight is 410 g/mol. The Morgan fingerprint density at radius 1 is 1.29 bits per heavy atom. The van der Waals surface area contributed by atoms with Gasteiger partial charge in [-0.25, -0.2) is 0 Å². The summed E-state index contributed by atoms with van der Waals surface area (Å²) in [6.07, 6.45) is 3.18. The Labute approximate surface area is 172 Å². The second-order valence-corrected chi connectivity index (χ2v) is 8.98. The number of rotatable bonds is 4. The van der Waals surface area contributed by atoms with E-state index in [4.69, 9.17) is 0 Å². The van der Waals surface area contributed by atoms with Gasteiger partial charge in [-0.15, -0.1) is 12.4 Å². The van der Waals surface area contributed by atoms with Gasteiger partial charge in [0.05, 0.1) is 12.1 Å². The highest BCUT2D eigenvalue weighted by Crippen LogP contribution is 2.43. The molecule has 7 heteroatoms. The van der Waals surface area contributed by atoms with Crippen molar-refractivity contribution in [2.75, 3.05) is 19.6 Å². The lowest BCUT2D eigenvalue weighted by atomic mass is 9.76. The van der Waals surface area contributed by atoms with Crippen LogP contribution in [-0.4, -0.2) is 52.3 Å². The highest BCUT2D eigenvalue weighted by atomic mass is 35.5. The number of carbonyl (C=O) groups is 1. The Bertz CT molecular complexity index is 766. The zero-order valence-corrected chi connectivity index (χ0v) is 17.5. The summed E-state index contributed by atoms with van der Waals surface area (Å²) in [7, 11) is 0. The van der Waals surface area contributed by atoms with Crippen molar-refractivity contribution in [1.82, 2.24) is 14.8 Å². The number of pyridine rings is 1. The number of β-amino-alcohol motifs (C(OH)–C–C–N with tert-alkyl or cyclic N) is 1. The van der Waals surface area contributed by atoms with Crippen LogP contribution in [0, 0.1) is 11.8 Å². The van der Waals surface area contributed by atoms with Crippen molar-refractivity contribution in [3.05, 3.63) is 34.2 Å². The van der Waals surface area contributed by atoms with Gasteiger partial charge in [0, 0.05) is 43.4 Å². The molecule has 2 saturated heterocycles. The summed E-state index contributed by atoms with van der Waals surface area (Å²) in [4.78, 5) is 27.7. The van der Waals surface area contributed by atoms with E-state index in [1.165, 1.54) is 0 Å². The first-order valence-electron chi connectivity index (χ1n) is 10.4. The van der Waals surface area contributed by atoms with Crippen LogP contribution in [0.2, 0.25) is 0 Å². The normalized spacial score (nSPS) is 31.4. The zero-order chi connectivity index (χ0) is 19.1. The van der Waals surface area contributed by atoms with Crippen molar-refractivity contribution in [3.63, 3.8) is 0 Å². The Morgan fingerprint density at radius 3 is 2.75 bits per heavy atom. The first kappa shape index (κ1) is 21.3. The molecule has 2 fully saturated rings. The molecule has 4 rings (SSSR count). The average Bonchev–Trinajstić information content (AvgIpc) is 3.07. The highest BCUT2D eigenvalue weighted by molar-refractivity contribution is 5.85. The molecular weight excluding hydrogens is 378 g/mol. The molecule has 156 valence electrons. The SMILES string of the molecule is CC(C)CC[C@H]1[C@H]2C[C@H](CN(C(=O)[C@@H]3C[C@@H](O)CN3)C2)c2cccc(=O)n21.Cl. The number of halogens is 1. The maximum Gasteiger partial charge on any atom is 0.250 e. The van der Waals surface area contributed by atoms with Gasteiger partial charge in [-0.1, -0.05) is 19.9 Å². The van der Waals surface area contributed by atoms with Crippen molar-refractivity contribution >= 4 is 18.3 Å². The number of carbonyl (C=O) groups excluding carboxylic acids is 1. The highest BCUT2D eigenvalue weighted by Gasteiger charge is 2.43. The summed E-state index contributed by atoms with van der Waals surface area (Å²) < 4.78 is 2.03. The monoisotopic (exact) mass is 409 g/mol. The van der Waals surface area contributed by atoms with Gasteiger partial charge in [0.25, 0.3) is 5.56 Å². The number of aliphatic hydroxyl groups is 1. The number of nitrogens with zero attached hydrogens (tertiary/aromatic N) is 2. The molecule has 2 N–H and O–H groups in total. The third-order valence-corrected chi connectivity index (χ3v) is 6.56. The predicted octanol–water partition coefficient (Wildman–Crippen LogP) is 1.92. The zero-order valence-electron chi connectivity index (χ0n) is 16.7. The molecule has 0 unspecified atom stereocenters. The summed E-state index contributed by atoms with van der Waals surface area (Å²) in [5, 5.41) is 12.9. The van der Waals surface area contributed by atoms with Crippen molar-refractivity contribution in [3.8, 4) is 0 Å². The number of hydrogen-bond donors (Lipinski definition) is 2. The summed E-state index contributed by atoms with van der Waals surface area (Å²) in [6.45, 7) is 6.31. The molecule has 0 spiro atoms. The molecule has 0 aromatic carbocycles. The van der Waals surface area contributed by atoms with Gasteiger partial charge in [-0.05, 0) is 43.6 Å². The van der Waals surface area contributed by atoms with E-state index in [1.807, 2.05) is 15.5 Å². The van der Waals surface area contributed by atoms with E-state index in [2.05, 4.69) is 25.2 Å². The summed E-state index contributed by atoms with van der Waals surface area (Å²) in [5.41, 5.74) is 1.18. The van der Waals surface area contributed by atoms with Crippen LogP contribution >= 0.6 is 12.4 Å². The minimum absolute atomic E-state index is 0. The Hall–Kier alpha value is -1.37. The van der Waals surface area contributed by atoms with Crippen molar-refractivity contribution in [2.24, 2.45) is 11.8 Å². The van der Waals surface area contributed by atoms with Gasteiger partial charge in [0.1, 0.15) is 0 Å². The van der Waals surface area contributed by atoms with E-state index >= 15 is 0 Å². The molecule has 0 saturated carbocycles. The first-order valence-corrected chi connectivity index (χ1v) is 10.4. The molecule has 0 radical (unpaired) electrons. The standard InChI is InChI=1S/C21H31N3O3.ClH/c1-13(2)6-7-19-15-8-14(18-4-3-5-20(26)24(18)19)11-23(12-15)21(27)17-9-16(25)10-22-17;/h3-5,13-17,19,22,25H,6-12H2,1-2H3;1H/t14-,15+,16-,17+,19+;/m1./s1. The van der Waals surface area contributed by atoms with Gasteiger partial charge in [-0.2, -0.15) is 0 Å². The number of piperidine rings is 1. The molecule has 2 bridgehead atoms. The van der Waals surface area contributed by atoms with Crippen LogP contribution in [0.1, 0.15) is 57.2 Å². The van der Waals surface area contributed by atoms with Crippen molar-refractivity contribution < 1.29 is 9.90 Å². The molecular formula is C21H32ClN3O3. The lowest BCUT2D eigenvalue weighted by Gasteiger charge is -2.47. The quantitative estimate of drug-likeness (QED) is 0.796. The summed E-state index contributed by atoms with van der Waals surface area (Å²) in [5.74, 6) is 1.25. The van der Waals surface area contributed by atoms with Crippen LogP contribution in [0.3, 0.4) is 0 Å². The molecule has 1 aromatic heterocycles. The number of aliphatic hydroxyl groups excluding tert-OH is 1. The summed E-state index contributed by atoms with van der Waals surface area (Å²) >= 11 is 0. The van der Waals surface area contributed by atoms with E-state index in [1.54, 1.807) is 6.07 Å². The number of aromatic nitrogens is 1. The van der Waals surface area contributed by atoms with Gasteiger partial charge >= 0.3 is 0 Å². The number of nitrogens with one attached hydrogen (secondary N) is 1.